The van der Waals surface area contributed by atoms with Crippen molar-refractivity contribution >= 4 is 21.6 Å². The molecule has 0 bridgehead atoms. The van der Waals surface area contributed by atoms with Crippen molar-refractivity contribution in [3.05, 3.63) is 35.0 Å². The van der Waals surface area contributed by atoms with E-state index in [1.807, 2.05) is 18.2 Å². The molecule has 50 valence electrons. The summed E-state index contributed by atoms with van der Waals surface area (Å²) >= 11 is 1.34. The van der Waals surface area contributed by atoms with Gasteiger partial charge in [0.05, 0.1) is 5.52 Å². The van der Waals surface area contributed by atoms with Crippen LogP contribution >= 0.6 is 11.3 Å². The number of rotatable bonds is 0. The van der Waals surface area contributed by atoms with Gasteiger partial charge >= 0.3 is 0 Å². The molecule has 0 atom stereocenters. The summed E-state index contributed by atoms with van der Waals surface area (Å²) < 4.78 is 1.75. The fourth-order valence-electron chi connectivity index (χ4n) is 0.851. The zero-order valence-electron chi connectivity index (χ0n) is 5.07. The number of hydrogen-bond donors (Lipinski definition) is 0. The molecule has 0 aliphatic heterocycles. The van der Waals surface area contributed by atoms with Gasteiger partial charge < -0.3 is 5.21 Å². The monoisotopic (exact) mass is 150 g/mol. The summed E-state index contributed by atoms with van der Waals surface area (Å²) in [7, 11) is 0. The summed E-state index contributed by atoms with van der Waals surface area (Å²) in [5, 5.41) is 10.9. The lowest BCUT2D eigenvalue weighted by atomic mass is 10.3. The van der Waals surface area contributed by atoms with E-state index in [4.69, 9.17) is 0 Å². The zero-order chi connectivity index (χ0) is 6.97. The molecule has 1 aromatic carbocycles. The number of nitrogens with zero attached hydrogens (tertiary/aromatic N) is 1. The molecule has 0 N–H and O–H groups in total. The topological polar surface area (TPSA) is 26.9 Å². The highest BCUT2D eigenvalue weighted by Gasteiger charge is 1.90. The van der Waals surface area contributed by atoms with Crippen LogP contribution in [-0.2, 0) is 0 Å². The maximum absolute atomic E-state index is 10.9. The molecule has 0 spiro atoms. The Morgan fingerprint density at radius 1 is 1.40 bits per heavy atom. The first-order chi connectivity index (χ1) is 4.88. The minimum atomic E-state index is 0.701. The third-order valence-electron chi connectivity index (χ3n) is 1.32. The lowest BCUT2D eigenvalue weighted by molar-refractivity contribution is -0.576. The summed E-state index contributed by atoms with van der Waals surface area (Å²) in [4.78, 5) is 0. The smallest absolute Gasteiger partial charge is 0.191 e. The van der Waals surface area contributed by atoms with Gasteiger partial charge in [0, 0.05) is 0 Å². The Balaban J connectivity index is 2.93. The normalized spacial score (nSPS) is 10.4. The molecule has 0 saturated heterocycles. The van der Waals surface area contributed by atoms with Crippen LogP contribution < -0.4 is 4.73 Å². The van der Waals surface area contributed by atoms with E-state index in [0.29, 0.717) is 5.52 Å². The number of thiazole rings is 1. The highest BCUT2D eigenvalue weighted by Crippen LogP contribution is 2.13. The number of aromatic nitrogens is 1. The molecule has 0 fully saturated rings. The van der Waals surface area contributed by atoms with Crippen LogP contribution in [0.1, 0.15) is 0 Å². The molecule has 1 heterocycles. The molecule has 2 aromatic rings. The molecule has 0 aliphatic carbocycles. The summed E-state index contributed by atoms with van der Waals surface area (Å²) in [5.41, 5.74) is 3.28. The van der Waals surface area contributed by atoms with Crippen molar-refractivity contribution in [1.29, 1.82) is 0 Å². The first-order valence-electron chi connectivity index (χ1n) is 2.87. The van der Waals surface area contributed by atoms with Gasteiger partial charge in [0.1, 0.15) is 0 Å². The second-order valence-corrected chi connectivity index (χ2v) is 2.78. The predicted molar refractivity (Wildman–Crippen MR) is 39.6 cm³/mol. The lowest BCUT2D eigenvalue weighted by Crippen LogP contribution is -2.22. The molecule has 0 aliphatic rings. The average molecular weight is 150 g/mol. The molecule has 0 radical (unpaired) electrons. The van der Waals surface area contributed by atoms with Crippen molar-refractivity contribution in [2.24, 2.45) is 0 Å². The van der Waals surface area contributed by atoms with Crippen molar-refractivity contribution in [2.45, 2.75) is 0 Å². The molecule has 10 heavy (non-hydrogen) atoms. The summed E-state index contributed by atoms with van der Waals surface area (Å²) in [6.45, 7) is 0. The van der Waals surface area contributed by atoms with Crippen LogP contribution in [0.15, 0.2) is 24.3 Å². The number of benzene rings is 1. The third-order valence-corrected chi connectivity index (χ3v) is 2.14. The van der Waals surface area contributed by atoms with Crippen molar-refractivity contribution in [1.82, 2.24) is 0 Å². The molecule has 3 heteroatoms. The molecule has 0 saturated carbocycles. The number of fused-ring (bicyclic) bond motifs is 1. The molecule has 0 unspecified atom stereocenters. The molecular formula is C7H4NOS-. The van der Waals surface area contributed by atoms with Crippen LogP contribution in [0.5, 0.6) is 0 Å². The summed E-state index contributed by atoms with van der Waals surface area (Å²) in [6.07, 6.45) is 0. The molecule has 0 amide bonds. The first kappa shape index (κ1) is 5.68. The van der Waals surface area contributed by atoms with Gasteiger partial charge in [0.2, 0.25) is 0 Å². The maximum atomic E-state index is 10.9. The van der Waals surface area contributed by atoms with Crippen molar-refractivity contribution in [2.75, 3.05) is 0 Å². The predicted octanol–water partition coefficient (Wildman–Crippen LogP) is 1.33. The zero-order valence-corrected chi connectivity index (χ0v) is 5.89. The van der Waals surface area contributed by atoms with Crippen LogP contribution in [0, 0.1) is 10.7 Å². The lowest BCUT2D eigenvalue weighted by Gasteiger charge is -1.97. The SMILES string of the molecule is [O-][n+]1[c-]sc2ccccc21. The molecule has 2 rings (SSSR count). The van der Waals surface area contributed by atoms with E-state index in [1.54, 1.807) is 6.07 Å². The Morgan fingerprint density at radius 2 is 2.20 bits per heavy atom. The van der Waals surface area contributed by atoms with E-state index < -0.39 is 0 Å². The Labute approximate surface area is 61.9 Å². The van der Waals surface area contributed by atoms with Gasteiger partial charge in [-0.15, -0.1) is 6.07 Å². The van der Waals surface area contributed by atoms with Crippen LogP contribution in [0.2, 0.25) is 0 Å². The van der Waals surface area contributed by atoms with E-state index in [1.165, 1.54) is 11.3 Å². The fraction of sp³-hybridized carbons (Fsp3) is 0. The highest BCUT2D eigenvalue weighted by atomic mass is 32.1. The minimum Gasteiger partial charge on any atom is -0.640 e. The molecule has 1 aromatic heterocycles. The maximum Gasteiger partial charge on any atom is 0.191 e. The Hall–Kier alpha value is -1.09. The van der Waals surface area contributed by atoms with E-state index in [9.17, 15) is 5.21 Å². The van der Waals surface area contributed by atoms with E-state index in [0.717, 1.165) is 9.43 Å². The Morgan fingerprint density at radius 3 is 3.00 bits per heavy atom. The Bertz CT molecular complexity index is 355. The van der Waals surface area contributed by atoms with Gasteiger partial charge in [0.25, 0.3) is 0 Å². The van der Waals surface area contributed by atoms with Gasteiger partial charge in [-0.05, 0) is 0 Å². The van der Waals surface area contributed by atoms with Crippen LogP contribution in [0.4, 0.5) is 0 Å². The van der Waals surface area contributed by atoms with Crippen molar-refractivity contribution < 1.29 is 4.73 Å². The van der Waals surface area contributed by atoms with Gasteiger partial charge in [-0.1, -0.05) is 22.9 Å². The van der Waals surface area contributed by atoms with E-state index >= 15 is 0 Å². The summed E-state index contributed by atoms with van der Waals surface area (Å²) in [5.74, 6) is 0. The quantitative estimate of drug-likeness (QED) is 0.316. The Kier molecular flexibility index (Phi) is 1.11. The van der Waals surface area contributed by atoms with Crippen LogP contribution in [0.3, 0.4) is 0 Å². The third kappa shape index (κ3) is 0.675. The fourth-order valence-corrected chi connectivity index (χ4v) is 1.53. The minimum absolute atomic E-state index is 0.701. The van der Waals surface area contributed by atoms with Crippen molar-refractivity contribution in [3.63, 3.8) is 0 Å². The first-order valence-corrected chi connectivity index (χ1v) is 3.68. The summed E-state index contributed by atoms with van der Waals surface area (Å²) in [6, 6.07) is 7.45. The number of para-hydroxylation sites is 1. The average Bonchev–Trinajstić information content (AvgIpc) is 2.34. The highest BCUT2D eigenvalue weighted by molar-refractivity contribution is 7.15. The second-order valence-electron chi connectivity index (χ2n) is 1.96. The van der Waals surface area contributed by atoms with E-state index in [2.05, 4.69) is 5.51 Å². The van der Waals surface area contributed by atoms with Gasteiger partial charge in [-0.25, -0.2) is 11.3 Å². The largest absolute Gasteiger partial charge is 0.640 e. The molecular weight excluding hydrogens is 146 g/mol. The van der Waals surface area contributed by atoms with Gasteiger partial charge in [-0.3, -0.25) is 4.73 Å². The van der Waals surface area contributed by atoms with Crippen LogP contribution in [-0.4, -0.2) is 0 Å². The van der Waals surface area contributed by atoms with Crippen molar-refractivity contribution in [3.8, 4) is 0 Å². The molecule has 2 nitrogen and oxygen atoms in total. The van der Waals surface area contributed by atoms with Gasteiger partial charge in [-0.2, -0.15) is 0 Å². The van der Waals surface area contributed by atoms with Gasteiger partial charge in [0.15, 0.2) is 5.51 Å². The van der Waals surface area contributed by atoms with Crippen LogP contribution in [0.25, 0.3) is 10.2 Å². The second kappa shape index (κ2) is 1.95. The standard InChI is InChI=1S/C7H4NOS/c9-8-5-10-7-4-2-1-3-6(7)8/h1-4H/q-1. The number of hydrogen-bond acceptors (Lipinski definition) is 2. The van der Waals surface area contributed by atoms with E-state index in [-0.39, 0.29) is 0 Å².